The number of methoxy groups -OCH3 is 1. The van der Waals surface area contributed by atoms with E-state index >= 15 is 0 Å². The summed E-state index contributed by atoms with van der Waals surface area (Å²) in [6.07, 6.45) is -6.13. The molecule has 0 unspecified atom stereocenters. The molecule has 0 atom stereocenters. The highest BCUT2D eigenvalue weighted by atomic mass is 19.4. The van der Waals surface area contributed by atoms with Crippen molar-refractivity contribution in [2.45, 2.75) is 12.4 Å². The molecular formula is C20H12F6N4O2. The van der Waals surface area contributed by atoms with Crippen LogP contribution in [0.25, 0.3) is 22.5 Å². The van der Waals surface area contributed by atoms with E-state index in [9.17, 15) is 31.1 Å². The molecule has 1 aromatic carbocycles. The Hall–Kier alpha value is -3.83. The summed E-state index contributed by atoms with van der Waals surface area (Å²) < 4.78 is 86.4. The lowest BCUT2D eigenvalue weighted by Gasteiger charge is -2.13. The maximum absolute atomic E-state index is 13.7. The van der Waals surface area contributed by atoms with Crippen molar-refractivity contribution in [1.82, 2.24) is 19.2 Å². The first-order valence-electron chi connectivity index (χ1n) is 8.89. The molecule has 0 fully saturated rings. The van der Waals surface area contributed by atoms with Crippen LogP contribution in [0.2, 0.25) is 0 Å². The molecule has 4 aromatic rings. The van der Waals surface area contributed by atoms with Crippen LogP contribution < -0.4 is 10.3 Å². The first-order valence-corrected chi connectivity index (χ1v) is 8.89. The molecule has 0 spiro atoms. The lowest BCUT2D eigenvalue weighted by molar-refractivity contribution is -0.140. The molecule has 32 heavy (non-hydrogen) atoms. The largest absolute Gasteiger partial charge is 0.497 e. The minimum absolute atomic E-state index is 0.163. The van der Waals surface area contributed by atoms with Gasteiger partial charge in [0.05, 0.1) is 30.1 Å². The maximum atomic E-state index is 13.7. The average Bonchev–Trinajstić information content (AvgIpc) is 3.21. The molecule has 0 amide bonds. The zero-order valence-corrected chi connectivity index (χ0v) is 16.1. The summed E-state index contributed by atoms with van der Waals surface area (Å²) in [5.41, 5.74) is -4.32. The van der Waals surface area contributed by atoms with Gasteiger partial charge in [-0.05, 0) is 30.3 Å². The highest BCUT2D eigenvalue weighted by Gasteiger charge is 2.38. The van der Waals surface area contributed by atoms with Gasteiger partial charge >= 0.3 is 12.4 Å². The van der Waals surface area contributed by atoms with Crippen LogP contribution in [0.1, 0.15) is 11.3 Å². The first kappa shape index (κ1) is 21.4. The molecule has 0 N–H and O–H groups in total. The highest BCUT2D eigenvalue weighted by Crippen LogP contribution is 2.35. The number of halogens is 6. The standard InChI is InChI=1S/C20H12F6N4O2/c1-32-14-6-7-29-15(8-14)28-17(20(24,25)26)16(18(29)31)11-9-27-30(10-11)13-4-2-12(3-5-13)19(21,22)23/h2-10H,1H3. The van der Waals surface area contributed by atoms with Gasteiger partial charge < -0.3 is 4.74 Å². The first-order chi connectivity index (χ1) is 15.0. The summed E-state index contributed by atoms with van der Waals surface area (Å²) >= 11 is 0. The zero-order chi connectivity index (χ0) is 23.3. The van der Waals surface area contributed by atoms with E-state index in [2.05, 4.69) is 10.1 Å². The van der Waals surface area contributed by atoms with Gasteiger partial charge in [0.2, 0.25) is 0 Å². The molecule has 12 heteroatoms. The number of hydrogen-bond donors (Lipinski definition) is 0. The van der Waals surface area contributed by atoms with Gasteiger partial charge in [-0.2, -0.15) is 31.4 Å². The van der Waals surface area contributed by atoms with Crippen LogP contribution in [-0.4, -0.2) is 26.3 Å². The third kappa shape index (κ3) is 3.79. The highest BCUT2D eigenvalue weighted by molar-refractivity contribution is 5.67. The molecule has 0 bridgehead atoms. The Bertz CT molecular complexity index is 1350. The normalized spacial score (nSPS) is 12.3. The van der Waals surface area contributed by atoms with Gasteiger partial charge in [-0.3, -0.25) is 9.20 Å². The minimum atomic E-state index is -4.96. The molecule has 0 aliphatic carbocycles. The van der Waals surface area contributed by atoms with Gasteiger partial charge in [0.25, 0.3) is 5.56 Å². The smallest absolute Gasteiger partial charge is 0.434 e. The summed E-state index contributed by atoms with van der Waals surface area (Å²) in [6, 6.07) is 6.43. The predicted octanol–water partition coefficient (Wildman–Crippen LogP) is 4.59. The second-order valence-electron chi connectivity index (χ2n) is 6.65. The van der Waals surface area contributed by atoms with E-state index in [1.165, 1.54) is 25.4 Å². The number of ether oxygens (including phenoxy) is 1. The van der Waals surface area contributed by atoms with Gasteiger partial charge in [0.1, 0.15) is 11.4 Å². The number of hydrogen-bond acceptors (Lipinski definition) is 4. The van der Waals surface area contributed by atoms with Crippen molar-refractivity contribution in [3.05, 3.63) is 76.6 Å². The maximum Gasteiger partial charge on any atom is 0.434 e. The summed E-state index contributed by atoms with van der Waals surface area (Å²) in [5.74, 6) is 0.216. The lowest BCUT2D eigenvalue weighted by atomic mass is 10.1. The van der Waals surface area contributed by atoms with Gasteiger partial charge in [-0.15, -0.1) is 0 Å². The Labute approximate surface area is 175 Å². The van der Waals surface area contributed by atoms with Crippen LogP contribution in [0.4, 0.5) is 26.3 Å². The Balaban J connectivity index is 1.86. The van der Waals surface area contributed by atoms with Gasteiger partial charge in [-0.1, -0.05) is 0 Å². The minimum Gasteiger partial charge on any atom is -0.497 e. The Morgan fingerprint density at radius 2 is 1.66 bits per heavy atom. The Morgan fingerprint density at radius 1 is 0.969 bits per heavy atom. The van der Waals surface area contributed by atoms with Gasteiger partial charge in [0.15, 0.2) is 5.69 Å². The zero-order valence-electron chi connectivity index (χ0n) is 16.1. The van der Waals surface area contributed by atoms with Crippen LogP contribution >= 0.6 is 0 Å². The molecule has 0 aliphatic rings. The molecule has 3 aromatic heterocycles. The van der Waals surface area contributed by atoms with E-state index in [0.29, 0.717) is 0 Å². The lowest BCUT2D eigenvalue weighted by Crippen LogP contribution is -2.24. The fourth-order valence-electron chi connectivity index (χ4n) is 3.11. The summed E-state index contributed by atoms with van der Waals surface area (Å²) in [7, 11) is 1.32. The number of pyridine rings is 1. The van der Waals surface area contributed by atoms with Crippen molar-refractivity contribution in [2.24, 2.45) is 0 Å². The van der Waals surface area contributed by atoms with E-state index in [-0.39, 0.29) is 22.6 Å². The summed E-state index contributed by atoms with van der Waals surface area (Å²) in [5, 5.41) is 3.90. The molecule has 0 aliphatic heterocycles. The van der Waals surface area contributed by atoms with E-state index in [4.69, 9.17) is 4.74 Å². The monoisotopic (exact) mass is 454 g/mol. The molecule has 3 heterocycles. The number of benzene rings is 1. The topological polar surface area (TPSA) is 61.4 Å². The van der Waals surface area contributed by atoms with Crippen LogP contribution in [-0.2, 0) is 12.4 Å². The van der Waals surface area contributed by atoms with Crippen molar-refractivity contribution in [3.8, 4) is 22.6 Å². The van der Waals surface area contributed by atoms with Crippen molar-refractivity contribution >= 4 is 5.65 Å². The third-order valence-electron chi connectivity index (χ3n) is 4.64. The van der Waals surface area contributed by atoms with Crippen molar-refractivity contribution in [2.75, 3.05) is 7.11 Å². The van der Waals surface area contributed by atoms with Crippen molar-refractivity contribution in [3.63, 3.8) is 0 Å². The molecule has 4 rings (SSSR count). The SMILES string of the molecule is COc1ccn2c(=O)c(-c3cnn(-c4ccc(C(F)(F)F)cc4)c3)c(C(F)(F)F)nc2c1. The number of fused-ring (bicyclic) bond motifs is 1. The number of aromatic nitrogens is 4. The third-order valence-corrected chi connectivity index (χ3v) is 4.64. The van der Waals surface area contributed by atoms with E-state index in [1.54, 1.807) is 0 Å². The molecule has 0 saturated heterocycles. The second kappa shape index (κ2) is 7.39. The van der Waals surface area contributed by atoms with Crippen LogP contribution in [0, 0.1) is 0 Å². The fraction of sp³-hybridized carbons (Fsp3) is 0.150. The quantitative estimate of drug-likeness (QED) is 0.425. The number of rotatable bonds is 3. The van der Waals surface area contributed by atoms with Crippen molar-refractivity contribution in [1.29, 1.82) is 0 Å². The van der Waals surface area contributed by atoms with Crippen LogP contribution in [0.3, 0.4) is 0 Å². The van der Waals surface area contributed by atoms with Gasteiger partial charge in [0, 0.05) is 24.0 Å². The summed E-state index contributed by atoms with van der Waals surface area (Å²) in [4.78, 5) is 16.5. The van der Waals surface area contributed by atoms with Crippen molar-refractivity contribution < 1.29 is 31.1 Å². The molecular weight excluding hydrogens is 442 g/mol. The number of nitrogens with zero attached hydrogens (tertiary/aromatic N) is 4. The molecule has 0 radical (unpaired) electrons. The predicted molar refractivity (Wildman–Crippen MR) is 101 cm³/mol. The Kier molecular flexibility index (Phi) is 4.94. The molecule has 6 nitrogen and oxygen atoms in total. The molecule has 0 saturated carbocycles. The Morgan fingerprint density at radius 3 is 2.25 bits per heavy atom. The van der Waals surface area contributed by atoms with E-state index in [1.807, 2.05) is 0 Å². The van der Waals surface area contributed by atoms with Crippen LogP contribution in [0.15, 0.2) is 59.8 Å². The van der Waals surface area contributed by atoms with Crippen LogP contribution in [0.5, 0.6) is 5.75 Å². The average molecular weight is 454 g/mol. The van der Waals surface area contributed by atoms with E-state index < -0.39 is 34.7 Å². The van der Waals surface area contributed by atoms with Gasteiger partial charge in [-0.25, -0.2) is 9.67 Å². The number of alkyl halides is 6. The summed E-state index contributed by atoms with van der Waals surface area (Å²) in [6.45, 7) is 0. The second-order valence-corrected chi connectivity index (χ2v) is 6.65. The van der Waals surface area contributed by atoms with E-state index in [0.717, 1.165) is 45.7 Å². The fourth-order valence-corrected chi connectivity index (χ4v) is 3.11. The molecule has 166 valence electrons.